The zero-order valence-electron chi connectivity index (χ0n) is 12.8. The Morgan fingerprint density at radius 2 is 2.00 bits per heavy atom. The molecule has 1 heterocycles. The van der Waals surface area contributed by atoms with Crippen LogP contribution in [-0.4, -0.2) is 65.8 Å². The van der Waals surface area contributed by atoms with Gasteiger partial charge in [0.05, 0.1) is 6.61 Å². The van der Waals surface area contributed by atoms with Crippen LogP contribution in [0.2, 0.25) is 0 Å². The molecule has 1 saturated carbocycles. The van der Waals surface area contributed by atoms with Gasteiger partial charge in [0.25, 0.3) is 0 Å². The summed E-state index contributed by atoms with van der Waals surface area (Å²) in [4.78, 5) is 16.4. The van der Waals surface area contributed by atoms with Gasteiger partial charge in [-0.15, -0.1) is 0 Å². The summed E-state index contributed by atoms with van der Waals surface area (Å²) in [6, 6.07) is 0.730. The van der Waals surface area contributed by atoms with Crippen molar-refractivity contribution in [2.75, 3.05) is 32.8 Å². The van der Waals surface area contributed by atoms with Crippen molar-refractivity contribution in [3.63, 3.8) is 0 Å². The Morgan fingerprint density at radius 3 is 2.55 bits per heavy atom. The largest absolute Gasteiger partial charge is 0.395 e. The number of hydrogen-bond donors (Lipinski definition) is 2. The van der Waals surface area contributed by atoms with Gasteiger partial charge in [-0.05, 0) is 51.6 Å². The molecule has 1 aliphatic heterocycles. The number of amides is 2. The van der Waals surface area contributed by atoms with E-state index < -0.39 is 0 Å². The van der Waals surface area contributed by atoms with Gasteiger partial charge >= 0.3 is 6.03 Å². The first-order valence-corrected chi connectivity index (χ1v) is 8.01. The molecular weight excluding hydrogens is 254 g/mol. The van der Waals surface area contributed by atoms with Crippen LogP contribution in [-0.2, 0) is 0 Å². The fourth-order valence-electron chi connectivity index (χ4n) is 2.88. The monoisotopic (exact) mass is 283 g/mol. The Hall–Kier alpha value is -0.810. The van der Waals surface area contributed by atoms with E-state index in [1.165, 1.54) is 12.8 Å². The number of piperidine rings is 1. The molecule has 0 aromatic carbocycles. The number of aliphatic hydroxyl groups excluding tert-OH is 1. The topological polar surface area (TPSA) is 55.8 Å². The molecule has 116 valence electrons. The normalized spacial score (nSPS) is 22.6. The Labute approximate surface area is 122 Å². The summed E-state index contributed by atoms with van der Waals surface area (Å²) in [5.41, 5.74) is 0. The van der Waals surface area contributed by atoms with E-state index in [4.69, 9.17) is 5.11 Å². The number of carbonyl (C=O) groups is 1. The summed E-state index contributed by atoms with van der Waals surface area (Å²) in [5.74, 6) is 0.836. The van der Waals surface area contributed by atoms with Crippen LogP contribution in [0.4, 0.5) is 4.79 Å². The number of nitrogens with zero attached hydrogens (tertiary/aromatic N) is 2. The van der Waals surface area contributed by atoms with E-state index in [9.17, 15) is 4.79 Å². The highest BCUT2D eigenvalue weighted by Gasteiger charge is 2.32. The maximum absolute atomic E-state index is 12.1. The maximum atomic E-state index is 12.1. The summed E-state index contributed by atoms with van der Waals surface area (Å²) in [7, 11) is 0. The second-order valence-corrected chi connectivity index (χ2v) is 6.40. The lowest BCUT2D eigenvalue weighted by atomic mass is 9.98. The lowest BCUT2D eigenvalue weighted by Crippen LogP contribution is -2.49. The number of hydrogen-bond acceptors (Lipinski definition) is 3. The van der Waals surface area contributed by atoms with Crippen molar-refractivity contribution in [1.82, 2.24) is 15.1 Å². The first-order chi connectivity index (χ1) is 9.61. The minimum Gasteiger partial charge on any atom is -0.395 e. The third kappa shape index (κ3) is 4.35. The van der Waals surface area contributed by atoms with E-state index in [1.54, 1.807) is 4.90 Å². The molecule has 5 heteroatoms. The molecule has 0 bridgehead atoms. The summed E-state index contributed by atoms with van der Waals surface area (Å²) in [6.07, 6.45) is 4.67. The Kier molecular flexibility index (Phi) is 5.66. The molecule has 1 aliphatic carbocycles. The molecule has 0 spiro atoms. The molecule has 1 unspecified atom stereocenters. The molecule has 2 fully saturated rings. The Morgan fingerprint density at radius 1 is 1.35 bits per heavy atom. The van der Waals surface area contributed by atoms with Crippen LogP contribution in [0.15, 0.2) is 0 Å². The van der Waals surface area contributed by atoms with E-state index in [0.29, 0.717) is 25.2 Å². The number of rotatable bonds is 6. The van der Waals surface area contributed by atoms with Crippen LogP contribution in [0.25, 0.3) is 0 Å². The molecule has 2 rings (SSSR count). The van der Waals surface area contributed by atoms with Crippen LogP contribution >= 0.6 is 0 Å². The van der Waals surface area contributed by atoms with Crippen molar-refractivity contribution >= 4 is 6.03 Å². The third-order valence-electron chi connectivity index (χ3n) is 4.58. The van der Waals surface area contributed by atoms with E-state index in [-0.39, 0.29) is 12.6 Å². The van der Waals surface area contributed by atoms with Gasteiger partial charge in [-0.3, -0.25) is 4.90 Å². The standard InChI is InChI=1S/C15H29N3O2/c1-12-5-7-17(8-6-12)13(2)11-16-15(20)18(9-10-19)14-3-4-14/h12-14,19H,3-11H2,1-2H3,(H,16,20). The van der Waals surface area contributed by atoms with Crippen LogP contribution in [0.3, 0.4) is 0 Å². The number of carbonyl (C=O) groups excluding carboxylic acids is 1. The summed E-state index contributed by atoms with van der Waals surface area (Å²) in [5, 5.41) is 12.1. The molecule has 0 aromatic rings. The van der Waals surface area contributed by atoms with Crippen molar-refractivity contribution in [2.24, 2.45) is 5.92 Å². The number of likely N-dealkylation sites (tertiary alicyclic amines) is 1. The highest BCUT2D eigenvalue weighted by atomic mass is 16.3. The van der Waals surface area contributed by atoms with E-state index in [1.807, 2.05) is 0 Å². The molecule has 0 aromatic heterocycles. The molecule has 2 aliphatic rings. The minimum absolute atomic E-state index is 0.0150. The van der Waals surface area contributed by atoms with Crippen molar-refractivity contribution in [3.05, 3.63) is 0 Å². The lowest BCUT2D eigenvalue weighted by molar-refractivity contribution is 0.139. The summed E-state index contributed by atoms with van der Waals surface area (Å²) < 4.78 is 0. The zero-order valence-corrected chi connectivity index (χ0v) is 12.8. The van der Waals surface area contributed by atoms with E-state index in [2.05, 4.69) is 24.1 Å². The molecule has 20 heavy (non-hydrogen) atoms. The Balaban J connectivity index is 1.71. The Bertz CT molecular complexity index is 312. The average Bonchev–Trinajstić information content (AvgIpc) is 3.27. The maximum Gasteiger partial charge on any atom is 0.317 e. The molecule has 1 atom stereocenters. The fraction of sp³-hybridized carbons (Fsp3) is 0.933. The summed E-state index contributed by atoms with van der Waals surface area (Å²) >= 11 is 0. The molecule has 5 nitrogen and oxygen atoms in total. The van der Waals surface area contributed by atoms with Crippen molar-refractivity contribution in [2.45, 2.75) is 51.6 Å². The SMILES string of the molecule is CC1CCN(C(C)CNC(=O)N(CCO)C2CC2)CC1. The second kappa shape index (κ2) is 7.27. The van der Waals surface area contributed by atoms with Gasteiger partial charge in [-0.1, -0.05) is 6.92 Å². The quantitative estimate of drug-likeness (QED) is 0.772. The first-order valence-electron chi connectivity index (χ1n) is 8.01. The predicted octanol–water partition coefficient (Wildman–Crippen LogP) is 1.27. The average molecular weight is 283 g/mol. The third-order valence-corrected chi connectivity index (χ3v) is 4.58. The van der Waals surface area contributed by atoms with Gasteiger partial charge in [0, 0.05) is 25.2 Å². The van der Waals surface area contributed by atoms with Crippen LogP contribution in [0.5, 0.6) is 0 Å². The van der Waals surface area contributed by atoms with Gasteiger partial charge in [-0.2, -0.15) is 0 Å². The predicted molar refractivity (Wildman–Crippen MR) is 79.6 cm³/mol. The smallest absolute Gasteiger partial charge is 0.317 e. The van der Waals surface area contributed by atoms with E-state index in [0.717, 1.165) is 31.8 Å². The van der Waals surface area contributed by atoms with Crippen molar-refractivity contribution < 1.29 is 9.90 Å². The van der Waals surface area contributed by atoms with Crippen molar-refractivity contribution in [3.8, 4) is 0 Å². The number of urea groups is 1. The van der Waals surface area contributed by atoms with Gasteiger partial charge in [0.2, 0.25) is 0 Å². The summed E-state index contributed by atoms with van der Waals surface area (Å²) in [6.45, 7) is 7.97. The molecule has 0 radical (unpaired) electrons. The van der Waals surface area contributed by atoms with Gasteiger partial charge in [0.15, 0.2) is 0 Å². The highest BCUT2D eigenvalue weighted by Crippen LogP contribution is 2.26. The zero-order chi connectivity index (χ0) is 14.5. The minimum atomic E-state index is -0.0150. The molecule has 2 amide bonds. The van der Waals surface area contributed by atoms with Gasteiger partial charge in [0.1, 0.15) is 0 Å². The lowest BCUT2D eigenvalue weighted by Gasteiger charge is -2.35. The number of aliphatic hydroxyl groups is 1. The van der Waals surface area contributed by atoms with Gasteiger partial charge in [-0.25, -0.2) is 4.79 Å². The molecule has 2 N–H and O–H groups in total. The number of nitrogens with one attached hydrogen (secondary N) is 1. The van der Waals surface area contributed by atoms with E-state index >= 15 is 0 Å². The second-order valence-electron chi connectivity index (χ2n) is 6.40. The van der Waals surface area contributed by atoms with Crippen LogP contribution < -0.4 is 5.32 Å². The highest BCUT2D eigenvalue weighted by molar-refractivity contribution is 5.74. The first kappa shape index (κ1) is 15.6. The fourth-order valence-corrected chi connectivity index (χ4v) is 2.88. The van der Waals surface area contributed by atoms with Crippen LogP contribution in [0.1, 0.15) is 39.5 Å². The molecule has 1 saturated heterocycles. The van der Waals surface area contributed by atoms with Crippen molar-refractivity contribution in [1.29, 1.82) is 0 Å². The van der Waals surface area contributed by atoms with Gasteiger partial charge < -0.3 is 15.3 Å². The molecular formula is C15H29N3O2. The van der Waals surface area contributed by atoms with Crippen LogP contribution in [0, 0.1) is 5.92 Å².